The fourth-order valence-corrected chi connectivity index (χ4v) is 2.56. The molecule has 2 aromatic carbocycles. The summed E-state index contributed by atoms with van der Waals surface area (Å²) in [4.78, 5) is 12.5. The average molecular weight is 326 g/mol. The fourth-order valence-electron chi connectivity index (χ4n) is 2.56. The van der Waals surface area contributed by atoms with Crippen LogP contribution in [0.15, 0.2) is 51.7 Å². The molecule has 3 aromatic rings. The number of hydrogen-bond acceptors (Lipinski definition) is 5. The van der Waals surface area contributed by atoms with Gasteiger partial charge in [0, 0.05) is 17.0 Å². The second-order valence-corrected chi connectivity index (χ2v) is 5.15. The number of methoxy groups -OCH3 is 2. The van der Waals surface area contributed by atoms with Crippen LogP contribution < -0.4 is 19.8 Å². The van der Waals surface area contributed by atoms with E-state index in [1.807, 2.05) is 19.1 Å². The maximum Gasteiger partial charge on any atom is 0.344 e. The van der Waals surface area contributed by atoms with Crippen LogP contribution in [0.3, 0.4) is 0 Å². The molecule has 5 heteroatoms. The topological polar surface area (TPSA) is 57.9 Å². The summed E-state index contributed by atoms with van der Waals surface area (Å²) in [5.74, 6) is 1.88. The van der Waals surface area contributed by atoms with E-state index < -0.39 is 5.63 Å². The van der Waals surface area contributed by atoms with Crippen molar-refractivity contribution in [1.29, 1.82) is 0 Å². The SMILES string of the molecule is CCOc1ccc2cc(-c3cc(OC)ccc3OC)c(=O)oc2c1. The lowest BCUT2D eigenvalue weighted by molar-refractivity contribution is 0.340. The predicted molar refractivity (Wildman–Crippen MR) is 92.2 cm³/mol. The van der Waals surface area contributed by atoms with E-state index in [9.17, 15) is 4.79 Å². The van der Waals surface area contributed by atoms with Crippen molar-refractivity contribution in [3.8, 4) is 28.4 Å². The molecule has 1 aromatic heterocycles. The Morgan fingerprint density at radius 3 is 2.42 bits per heavy atom. The van der Waals surface area contributed by atoms with Crippen molar-refractivity contribution in [1.82, 2.24) is 0 Å². The minimum Gasteiger partial charge on any atom is -0.497 e. The van der Waals surface area contributed by atoms with Crippen LogP contribution in [0.25, 0.3) is 22.1 Å². The molecule has 0 bridgehead atoms. The molecular weight excluding hydrogens is 308 g/mol. The van der Waals surface area contributed by atoms with Crippen molar-refractivity contribution < 1.29 is 18.6 Å². The van der Waals surface area contributed by atoms with E-state index in [4.69, 9.17) is 18.6 Å². The molecule has 3 rings (SSSR count). The highest BCUT2D eigenvalue weighted by atomic mass is 16.5. The molecule has 0 atom stereocenters. The Kier molecular flexibility index (Phi) is 4.42. The largest absolute Gasteiger partial charge is 0.497 e. The van der Waals surface area contributed by atoms with Gasteiger partial charge in [-0.15, -0.1) is 0 Å². The van der Waals surface area contributed by atoms with E-state index in [0.717, 1.165) is 5.39 Å². The van der Waals surface area contributed by atoms with Gasteiger partial charge >= 0.3 is 5.63 Å². The molecule has 5 nitrogen and oxygen atoms in total. The summed E-state index contributed by atoms with van der Waals surface area (Å²) >= 11 is 0. The Hall–Kier alpha value is -2.95. The van der Waals surface area contributed by atoms with Gasteiger partial charge in [0.05, 0.1) is 26.4 Å². The van der Waals surface area contributed by atoms with Gasteiger partial charge in [0.15, 0.2) is 0 Å². The molecule has 0 spiro atoms. The van der Waals surface area contributed by atoms with Crippen LogP contribution >= 0.6 is 0 Å². The van der Waals surface area contributed by atoms with Crippen LogP contribution in [0, 0.1) is 0 Å². The van der Waals surface area contributed by atoms with Crippen molar-refractivity contribution in [2.24, 2.45) is 0 Å². The van der Waals surface area contributed by atoms with E-state index in [1.165, 1.54) is 0 Å². The van der Waals surface area contributed by atoms with E-state index in [2.05, 4.69) is 0 Å². The number of ether oxygens (including phenoxy) is 3. The lowest BCUT2D eigenvalue weighted by Crippen LogP contribution is -2.04. The summed E-state index contributed by atoms with van der Waals surface area (Å²) in [6, 6.07) is 12.5. The van der Waals surface area contributed by atoms with Gasteiger partial charge in [-0.25, -0.2) is 4.79 Å². The number of benzene rings is 2. The summed E-state index contributed by atoms with van der Waals surface area (Å²) in [5, 5.41) is 0.804. The summed E-state index contributed by atoms with van der Waals surface area (Å²) in [7, 11) is 3.13. The molecule has 0 aliphatic carbocycles. The minimum atomic E-state index is -0.442. The summed E-state index contributed by atoms with van der Waals surface area (Å²) < 4.78 is 21.5. The highest BCUT2D eigenvalue weighted by Gasteiger charge is 2.14. The lowest BCUT2D eigenvalue weighted by Gasteiger charge is -2.10. The first-order chi connectivity index (χ1) is 11.7. The zero-order chi connectivity index (χ0) is 17.1. The summed E-state index contributed by atoms with van der Waals surface area (Å²) in [6.45, 7) is 2.45. The minimum absolute atomic E-state index is 0.419. The molecule has 124 valence electrons. The van der Waals surface area contributed by atoms with Gasteiger partial charge in [0.2, 0.25) is 0 Å². The number of rotatable bonds is 5. The first kappa shape index (κ1) is 15.9. The van der Waals surface area contributed by atoms with Crippen LogP contribution in [0.1, 0.15) is 6.92 Å². The Labute approximate surface area is 139 Å². The van der Waals surface area contributed by atoms with Crippen LogP contribution in [-0.2, 0) is 0 Å². The second-order valence-electron chi connectivity index (χ2n) is 5.15. The fraction of sp³-hybridized carbons (Fsp3) is 0.211. The first-order valence-corrected chi connectivity index (χ1v) is 7.59. The van der Waals surface area contributed by atoms with Gasteiger partial charge in [-0.3, -0.25) is 0 Å². The van der Waals surface area contributed by atoms with Crippen molar-refractivity contribution >= 4 is 11.0 Å². The van der Waals surface area contributed by atoms with Gasteiger partial charge in [0.1, 0.15) is 22.8 Å². The quantitative estimate of drug-likeness (QED) is 0.666. The monoisotopic (exact) mass is 326 g/mol. The maximum atomic E-state index is 12.5. The van der Waals surface area contributed by atoms with E-state index in [-0.39, 0.29) is 0 Å². The Balaban J connectivity index is 2.18. The van der Waals surface area contributed by atoms with E-state index in [1.54, 1.807) is 44.6 Å². The highest BCUT2D eigenvalue weighted by molar-refractivity contribution is 5.84. The Bertz CT molecular complexity index is 927. The van der Waals surface area contributed by atoms with E-state index >= 15 is 0 Å². The highest BCUT2D eigenvalue weighted by Crippen LogP contribution is 2.33. The van der Waals surface area contributed by atoms with Gasteiger partial charge < -0.3 is 18.6 Å². The van der Waals surface area contributed by atoms with Crippen molar-refractivity contribution in [3.63, 3.8) is 0 Å². The standard InChI is InChI=1S/C19H18O5/c1-4-23-14-6-5-12-9-16(19(20)24-18(12)11-14)15-10-13(21-2)7-8-17(15)22-3/h5-11H,4H2,1-3H3. The third-order valence-electron chi connectivity index (χ3n) is 3.72. The zero-order valence-corrected chi connectivity index (χ0v) is 13.8. The average Bonchev–Trinajstić information content (AvgIpc) is 2.60. The smallest absolute Gasteiger partial charge is 0.344 e. The molecule has 0 unspecified atom stereocenters. The lowest BCUT2D eigenvalue weighted by atomic mass is 10.0. The molecule has 24 heavy (non-hydrogen) atoms. The Morgan fingerprint density at radius 2 is 1.71 bits per heavy atom. The van der Waals surface area contributed by atoms with Gasteiger partial charge in [-0.1, -0.05) is 0 Å². The summed E-state index contributed by atoms with van der Waals surface area (Å²) in [5.41, 5.74) is 1.09. The molecule has 0 aliphatic rings. The number of hydrogen-bond donors (Lipinski definition) is 0. The van der Waals surface area contributed by atoms with Gasteiger partial charge in [-0.05, 0) is 43.3 Å². The molecule has 0 fully saturated rings. The van der Waals surface area contributed by atoms with Crippen molar-refractivity contribution in [3.05, 3.63) is 52.9 Å². The third kappa shape index (κ3) is 2.93. The second kappa shape index (κ2) is 6.66. The molecule has 0 amide bonds. The summed E-state index contributed by atoms with van der Waals surface area (Å²) in [6.07, 6.45) is 0. The molecule has 0 saturated heterocycles. The first-order valence-electron chi connectivity index (χ1n) is 7.59. The van der Waals surface area contributed by atoms with E-state index in [0.29, 0.717) is 40.6 Å². The normalized spacial score (nSPS) is 10.6. The molecule has 0 saturated carbocycles. The van der Waals surface area contributed by atoms with Crippen LogP contribution in [-0.4, -0.2) is 20.8 Å². The maximum absolute atomic E-state index is 12.5. The van der Waals surface area contributed by atoms with Crippen LogP contribution in [0.5, 0.6) is 17.2 Å². The van der Waals surface area contributed by atoms with Gasteiger partial charge in [-0.2, -0.15) is 0 Å². The molecule has 1 heterocycles. The van der Waals surface area contributed by atoms with Crippen molar-refractivity contribution in [2.45, 2.75) is 6.92 Å². The zero-order valence-electron chi connectivity index (χ0n) is 13.8. The van der Waals surface area contributed by atoms with Crippen LogP contribution in [0.4, 0.5) is 0 Å². The molecular formula is C19H18O5. The number of fused-ring (bicyclic) bond motifs is 1. The molecule has 0 aliphatic heterocycles. The van der Waals surface area contributed by atoms with Gasteiger partial charge in [0.25, 0.3) is 0 Å². The Morgan fingerprint density at radius 1 is 0.917 bits per heavy atom. The predicted octanol–water partition coefficient (Wildman–Crippen LogP) is 3.88. The molecule has 0 radical (unpaired) electrons. The van der Waals surface area contributed by atoms with Crippen LogP contribution in [0.2, 0.25) is 0 Å². The van der Waals surface area contributed by atoms with Crippen molar-refractivity contribution in [2.75, 3.05) is 20.8 Å². The molecule has 0 N–H and O–H groups in total. The third-order valence-corrected chi connectivity index (χ3v) is 3.72.